The van der Waals surface area contributed by atoms with Crippen molar-refractivity contribution in [3.05, 3.63) is 100 Å². The summed E-state index contributed by atoms with van der Waals surface area (Å²) in [5.41, 5.74) is 5.34. The van der Waals surface area contributed by atoms with Crippen molar-refractivity contribution in [2.24, 2.45) is 5.10 Å². The predicted octanol–water partition coefficient (Wildman–Crippen LogP) is 5.60. The largest absolute Gasteiger partial charge is 0.488 e. The molecule has 4 aromatic rings. The Kier molecular flexibility index (Phi) is 6.44. The Hall–Kier alpha value is -3.84. The van der Waals surface area contributed by atoms with E-state index in [4.69, 9.17) is 14.2 Å². The molecule has 0 spiro atoms. The van der Waals surface area contributed by atoms with Crippen molar-refractivity contribution in [2.45, 2.75) is 13.0 Å². The normalized spacial score (nSPS) is 12.3. The predicted molar refractivity (Wildman–Crippen MR) is 134 cm³/mol. The zero-order valence-corrected chi connectivity index (χ0v) is 19.7. The minimum Gasteiger partial charge on any atom is -0.488 e. The number of hydrogen-bond donors (Lipinski definition) is 1. The zero-order chi connectivity index (χ0) is 23.3. The van der Waals surface area contributed by atoms with Crippen molar-refractivity contribution in [3.8, 4) is 17.2 Å². The van der Waals surface area contributed by atoms with E-state index in [0.29, 0.717) is 18.1 Å². The highest BCUT2D eigenvalue weighted by Crippen LogP contribution is 2.32. The summed E-state index contributed by atoms with van der Waals surface area (Å²) >= 11 is 3.56. The van der Waals surface area contributed by atoms with Crippen LogP contribution in [0.15, 0.2) is 88.4 Å². The first-order chi connectivity index (χ1) is 16.7. The standard InChI is InChI=1S/C27H21BrN2O4/c28-23-12-19(15-29-30-27(31)14-18-8-11-25-26(13-18)34-17-33-25)9-10-24(23)32-16-21-6-3-5-20-4-1-2-7-22(20)21/h1-13,15H,14,16-17H2,(H,30,31)/b29-15+. The first-order valence-electron chi connectivity index (χ1n) is 10.8. The van der Waals surface area contributed by atoms with E-state index in [1.54, 1.807) is 18.3 Å². The second-order valence-electron chi connectivity index (χ2n) is 7.77. The van der Waals surface area contributed by atoms with Crippen LogP contribution in [-0.4, -0.2) is 18.9 Å². The number of nitrogens with one attached hydrogen (secondary N) is 1. The van der Waals surface area contributed by atoms with E-state index in [1.807, 2.05) is 42.5 Å². The highest BCUT2D eigenvalue weighted by Gasteiger charge is 2.14. The maximum Gasteiger partial charge on any atom is 0.244 e. The molecule has 0 atom stereocenters. The molecule has 34 heavy (non-hydrogen) atoms. The quantitative estimate of drug-likeness (QED) is 0.256. The minimum atomic E-state index is -0.218. The number of amides is 1. The van der Waals surface area contributed by atoms with E-state index in [2.05, 4.69) is 50.7 Å². The highest BCUT2D eigenvalue weighted by molar-refractivity contribution is 9.10. The lowest BCUT2D eigenvalue weighted by Crippen LogP contribution is -2.19. The summed E-state index contributed by atoms with van der Waals surface area (Å²) < 4.78 is 17.5. The summed E-state index contributed by atoms with van der Waals surface area (Å²) in [5, 5.41) is 6.44. The number of halogens is 1. The Morgan fingerprint density at radius 1 is 1.00 bits per heavy atom. The fraction of sp³-hybridized carbons (Fsp3) is 0.111. The van der Waals surface area contributed by atoms with Gasteiger partial charge in [-0.1, -0.05) is 48.5 Å². The van der Waals surface area contributed by atoms with Gasteiger partial charge in [0.2, 0.25) is 12.7 Å². The lowest BCUT2D eigenvalue weighted by molar-refractivity contribution is -0.120. The fourth-order valence-electron chi connectivity index (χ4n) is 3.74. The van der Waals surface area contributed by atoms with Gasteiger partial charge in [0.05, 0.1) is 17.1 Å². The highest BCUT2D eigenvalue weighted by atomic mass is 79.9. The van der Waals surface area contributed by atoms with Gasteiger partial charge >= 0.3 is 0 Å². The number of hydrazone groups is 1. The first-order valence-corrected chi connectivity index (χ1v) is 11.5. The lowest BCUT2D eigenvalue weighted by Gasteiger charge is -2.11. The van der Waals surface area contributed by atoms with Gasteiger partial charge in [-0.15, -0.1) is 0 Å². The van der Waals surface area contributed by atoms with Crippen molar-refractivity contribution >= 4 is 38.8 Å². The molecular weight excluding hydrogens is 496 g/mol. The van der Waals surface area contributed by atoms with Crippen molar-refractivity contribution in [1.29, 1.82) is 0 Å². The van der Waals surface area contributed by atoms with Crippen LogP contribution in [0, 0.1) is 0 Å². The molecule has 0 aliphatic carbocycles. The van der Waals surface area contributed by atoms with Crippen molar-refractivity contribution in [1.82, 2.24) is 5.43 Å². The van der Waals surface area contributed by atoms with Crippen LogP contribution < -0.4 is 19.6 Å². The molecule has 0 saturated heterocycles. The third-order valence-electron chi connectivity index (χ3n) is 5.42. The monoisotopic (exact) mass is 516 g/mol. The van der Waals surface area contributed by atoms with E-state index in [1.165, 1.54) is 10.8 Å². The minimum absolute atomic E-state index is 0.193. The maximum absolute atomic E-state index is 12.2. The molecule has 1 heterocycles. The van der Waals surface area contributed by atoms with Gasteiger partial charge in [-0.25, -0.2) is 5.43 Å². The van der Waals surface area contributed by atoms with Crippen LogP contribution in [0.3, 0.4) is 0 Å². The topological polar surface area (TPSA) is 69.2 Å². The van der Waals surface area contributed by atoms with Crippen LogP contribution in [0.5, 0.6) is 17.2 Å². The number of carbonyl (C=O) groups is 1. The molecule has 7 heteroatoms. The Bertz CT molecular complexity index is 1380. The third-order valence-corrected chi connectivity index (χ3v) is 6.04. The smallest absolute Gasteiger partial charge is 0.244 e. The molecule has 170 valence electrons. The number of nitrogens with zero attached hydrogens (tertiary/aromatic N) is 1. The van der Waals surface area contributed by atoms with Gasteiger partial charge < -0.3 is 14.2 Å². The molecule has 0 fully saturated rings. The molecule has 1 amide bonds. The lowest BCUT2D eigenvalue weighted by atomic mass is 10.1. The molecule has 4 aromatic carbocycles. The van der Waals surface area contributed by atoms with Gasteiger partial charge in [0, 0.05) is 0 Å². The van der Waals surface area contributed by atoms with Gasteiger partial charge in [0.15, 0.2) is 11.5 Å². The molecule has 1 aliphatic heterocycles. The van der Waals surface area contributed by atoms with Crippen LogP contribution >= 0.6 is 15.9 Å². The zero-order valence-electron chi connectivity index (χ0n) is 18.2. The average molecular weight is 517 g/mol. The Morgan fingerprint density at radius 3 is 2.76 bits per heavy atom. The second-order valence-corrected chi connectivity index (χ2v) is 8.63. The maximum atomic E-state index is 12.2. The van der Waals surface area contributed by atoms with Crippen LogP contribution in [0.1, 0.15) is 16.7 Å². The van der Waals surface area contributed by atoms with E-state index in [-0.39, 0.29) is 19.1 Å². The molecule has 5 rings (SSSR count). The van der Waals surface area contributed by atoms with Crippen molar-refractivity contribution < 1.29 is 19.0 Å². The van der Waals surface area contributed by atoms with Crippen LogP contribution in [0.4, 0.5) is 0 Å². The summed E-state index contributed by atoms with van der Waals surface area (Å²) in [6.45, 7) is 0.668. The summed E-state index contributed by atoms with van der Waals surface area (Å²) in [6, 6.07) is 25.6. The molecule has 0 unspecified atom stereocenters. The summed E-state index contributed by atoms with van der Waals surface area (Å²) in [6.07, 6.45) is 1.79. The number of rotatable bonds is 7. The van der Waals surface area contributed by atoms with Gasteiger partial charge in [0.1, 0.15) is 12.4 Å². The van der Waals surface area contributed by atoms with Gasteiger partial charge in [0.25, 0.3) is 0 Å². The van der Waals surface area contributed by atoms with Crippen molar-refractivity contribution in [2.75, 3.05) is 6.79 Å². The summed E-state index contributed by atoms with van der Waals surface area (Å²) in [7, 11) is 0. The molecule has 0 saturated carbocycles. The van der Waals surface area contributed by atoms with E-state index >= 15 is 0 Å². The fourth-order valence-corrected chi connectivity index (χ4v) is 4.25. The summed E-state index contributed by atoms with van der Waals surface area (Å²) in [4.78, 5) is 12.2. The molecule has 6 nitrogen and oxygen atoms in total. The molecule has 1 aliphatic rings. The molecule has 1 N–H and O–H groups in total. The third kappa shape index (κ3) is 5.05. The summed E-state index contributed by atoms with van der Waals surface area (Å²) in [5.74, 6) is 1.86. The van der Waals surface area contributed by atoms with Crippen LogP contribution in [0.2, 0.25) is 0 Å². The average Bonchev–Trinajstić information content (AvgIpc) is 3.31. The second kappa shape index (κ2) is 9.97. The van der Waals surface area contributed by atoms with Gasteiger partial charge in [-0.05, 0) is 73.7 Å². The van der Waals surface area contributed by atoms with Gasteiger partial charge in [-0.3, -0.25) is 4.79 Å². The van der Waals surface area contributed by atoms with Crippen LogP contribution in [-0.2, 0) is 17.8 Å². The Morgan fingerprint density at radius 2 is 1.85 bits per heavy atom. The Balaban J connectivity index is 1.17. The molecular formula is C27H21BrN2O4. The van der Waals surface area contributed by atoms with E-state index in [0.717, 1.165) is 26.9 Å². The number of fused-ring (bicyclic) bond motifs is 2. The van der Waals surface area contributed by atoms with E-state index < -0.39 is 0 Å². The van der Waals surface area contributed by atoms with Gasteiger partial charge in [-0.2, -0.15) is 5.10 Å². The number of hydrogen-bond acceptors (Lipinski definition) is 5. The Labute approximate surface area is 205 Å². The SMILES string of the molecule is O=C(Cc1ccc2c(c1)OCO2)N/N=C/c1ccc(OCc2cccc3ccccc23)c(Br)c1. The van der Waals surface area contributed by atoms with E-state index in [9.17, 15) is 4.79 Å². The molecule has 0 radical (unpaired) electrons. The molecule has 0 bridgehead atoms. The number of carbonyl (C=O) groups excluding carboxylic acids is 1. The van der Waals surface area contributed by atoms with Crippen molar-refractivity contribution in [3.63, 3.8) is 0 Å². The first kappa shape index (κ1) is 22.0. The molecule has 0 aromatic heterocycles. The number of benzene rings is 4. The van der Waals surface area contributed by atoms with Crippen LogP contribution in [0.25, 0.3) is 10.8 Å². The number of ether oxygens (including phenoxy) is 3.